The molecule has 1 unspecified atom stereocenters. The summed E-state index contributed by atoms with van der Waals surface area (Å²) in [7, 11) is 1.53. The van der Waals surface area contributed by atoms with Gasteiger partial charge in [-0.2, -0.15) is 0 Å². The van der Waals surface area contributed by atoms with E-state index in [9.17, 15) is 9.59 Å². The third-order valence-electron chi connectivity index (χ3n) is 3.71. The van der Waals surface area contributed by atoms with Gasteiger partial charge in [-0.25, -0.2) is 4.79 Å². The van der Waals surface area contributed by atoms with Gasteiger partial charge in [-0.1, -0.05) is 18.7 Å². The molecule has 23 heavy (non-hydrogen) atoms. The Labute approximate surface area is 136 Å². The SMILES string of the molecule is C=C(C)COc1ccc(C2(C)NC(=O)N(CCOC)C2=O)cc1. The molecule has 1 fully saturated rings. The summed E-state index contributed by atoms with van der Waals surface area (Å²) in [5.74, 6) is 0.406. The quantitative estimate of drug-likeness (QED) is 0.617. The van der Waals surface area contributed by atoms with Crippen molar-refractivity contribution in [1.82, 2.24) is 10.2 Å². The zero-order valence-corrected chi connectivity index (χ0v) is 13.7. The minimum Gasteiger partial charge on any atom is -0.489 e. The lowest BCUT2D eigenvalue weighted by Crippen LogP contribution is -2.41. The van der Waals surface area contributed by atoms with Crippen LogP contribution in [0.4, 0.5) is 4.79 Å². The predicted molar refractivity (Wildman–Crippen MR) is 86.2 cm³/mol. The molecule has 0 spiro atoms. The Hall–Kier alpha value is -2.34. The van der Waals surface area contributed by atoms with Crippen molar-refractivity contribution in [2.75, 3.05) is 26.9 Å². The zero-order chi connectivity index (χ0) is 17.0. The van der Waals surface area contributed by atoms with Crippen molar-refractivity contribution >= 4 is 11.9 Å². The van der Waals surface area contributed by atoms with Crippen LogP contribution in [0.25, 0.3) is 0 Å². The van der Waals surface area contributed by atoms with E-state index >= 15 is 0 Å². The fourth-order valence-corrected chi connectivity index (χ4v) is 2.37. The van der Waals surface area contributed by atoms with Crippen LogP contribution >= 0.6 is 0 Å². The normalized spacial score (nSPS) is 20.6. The van der Waals surface area contributed by atoms with Crippen LogP contribution in [0, 0.1) is 0 Å². The van der Waals surface area contributed by atoms with Crippen LogP contribution in [0.1, 0.15) is 19.4 Å². The summed E-state index contributed by atoms with van der Waals surface area (Å²) >= 11 is 0. The Morgan fingerprint density at radius 2 is 1.96 bits per heavy atom. The van der Waals surface area contributed by atoms with E-state index in [1.807, 2.05) is 6.92 Å². The second-order valence-corrected chi connectivity index (χ2v) is 5.77. The highest BCUT2D eigenvalue weighted by molar-refractivity contribution is 6.07. The maximum absolute atomic E-state index is 12.6. The standard InChI is InChI=1S/C17H22N2O4/c1-12(2)11-23-14-7-5-13(6-8-14)17(3)15(20)19(9-10-22-4)16(21)18-17/h5-8H,1,9-11H2,2-4H3,(H,18,21). The number of hydrogen-bond donors (Lipinski definition) is 1. The predicted octanol–water partition coefficient (Wildman–Crippen LogP) is 2.05. The highest BCUT2D eigenvalue weighted by atomic mass is 16.5. The molecule has 1 aliphatic rings. The molecular weight excluding hydrogens is 296 g/mol. The van der Waals surface area contributed by atoms with Crippen LogP contribution < -0.4 is 10.1 Å². The molecule has 1 N–H and O–H groups in total. The van der Waals surface area contributed by atoms with Gasteiger partial charge in [0.15, 0.2) is 0 Å². The lowest BCUT2D eigenvalue weighted by Gasteiger charge is -2.22. The zero-order valence-electron chi connectivity index (χ0n) is 13.7. The molecule has 6 nitrogen and oxygen atoms in total. The van der Waals surface area contributed by atoms with Crippen LogP contribution in [0.3, 0.4) is 0 Å². The minimum atomic E-state index is -1.07. The van der Waals surface area contributed by atoms with Crippen LogP contribution in [0.2, 0.25) is 0 Å². The van der Waals surface area contributed by atoms with Gasteiger partial charge in [0.05, 0.1) is 13.2 Å². The average Bonchev–Trinajstić information content (AvgIpc) is 2.74. The molecule has 1 aliphatic heterocycles. The van der Waals surface area contributed by atoms with Gasteiger partial charge in [-0.15, -0.1) is 0 Å². The molecule has 0 aliphatic carbocycles. The lowest BCUT2D eigenvalue weighted by molar-refractivity contribution is -0.131. The number of methoxy groups -OCH3 is 1. The van der Waals surface area contributed by atoms with E-state index in [1.54, 1.807) is 31.2 Å². The Bertz CT molecular complexity index is 612. The van der Waals surface area contributed by atoms with Gasteiger partial charge in [-0.05, 0) is 37.1 Å². The highest BCUT2D eigenvalue weighted by Crippen LogP contribution is 2.29. The Morgan fingerprint density at radius 1 is 1.30 bits per heavy atom. The van der Waals surface area contributed by atoms with E-state index in [1.165, 1.54) is 12.0 Å². The van der Waals surface area contributed by atoms with Crippen LogP contribution in [0.5, 0.6) is 5.75 Å². The number of carbonyl (C=O) groups excluding carboxylic acids is 2. The third-order valence-corrected chi connectivity index (χ3v) is 3.71. The molecule has 1 atom stereocenters. The van der Waals surface area contributed by atoms with Gasteiger partial charge in [0, 0.05) is 7.11 Å². The lowest BCUT2D eigenvalue weighted by atomic mass is 9.92. The highest BCUT2D eigenvalue weighted by Gasteiger charge is 2.48. The molecule has 6 heteroatoms. The maximum Gasteiger partial charge on any atom is 0.325 e. The molecule has 3 amide bonds. The van der Waals surface area contributed by atoms with Crippen molar-refractivity contribution in [2.24, 2.45) is 0 Å². The van der Waals surface area contributed by atoms with Gasteiger partial charge < -0.3 is 14.8 Å². The molecule has 0 aromatic heterocycles. The largest absolute Gasteiger partial charge is 0.489 e. The topological polar surface area (TPSA) is 67.9 Å². The first-order valence-corrected chi connectivity index (χ1v) is 7.39. The van der Waals surface area contributed by atoms with E-state index in [0.717, 1.165) is 5.57 Å². The molecule has 1 aromatic rings. The van der Waals surface area contributed by atoms with Crippen molar-refractivity contribution in [2.45, 2.75) is 19.4 Å². The first-order valence-electron chi connectivity index (χ1n) is 7.39. The molecule has 0 bridgehead atoms. The number of imide groups is 1. The fourth-order valence-electron chi connectivity index (χ4n) is 2.37. The van der Waals surface area contributed by atoms with Crippen molar-refractivity contribution in [1.29, 1.82) is 0 Å². The first-order chi connectivity index (χ1) is 10.9. The second kappa shape index (κ2) is 6.83. The molecular formula is C17H22N2O4. The number of hydrogen-bond acceptors (Lipinski definition) is 4. The smallest absolute Gasteiger partial charge is 0.325 e. The first kappa shape index (κ1) is 17.0. The van der Waals surface area contributed by atoms with Crippen LogP contribution in [0.15, 0.2) is 36.4 Å². The maximum atomic E-state index is 12.6. The summed E-state index contributed by atoms with van der Waals surface area (Å²) in [6.07, 6.45) is 0. The summed E-state index contributed by atoms with van der Waals surface area (Å²) in [5.41, 5.74) is 0.559. The summed E-state index contributed by atoms with van der Waals surface area (Å²) in [6.45, 7) is 8.35. The summed E-state index contributed by atoms with van der Waals surface area (Å²) in [5, 5.41) is 2.75. The summed E-state index contributed by atoms with van der Waals surface area (Å²) < 4.78 is 10.5. The van der Waals surface area contributed by atoms with Crippen molar-refractivity contribution in [3.8, 4) is 5.75 Å². The average molecular weight is 318 g/mol. The number of amides is 3. The van der Waals surface area contributed by atoms with Gasteiger partial charge >= 0.3 is 6.03 Å². The number of benzene rings is 1. The van der Waals surface area contributed by atoms with Gasteiger partial charge in [0.25, 0.3) is 5.91 Å². The number of ether oxygens (including phenoxy) is 2. The third kappa shape index (κ3) is 3.53. The molecule has 1 aromatic carbocycles. The monoisotopic (exact) mass is 318 g/mol. The number of urea groups is 1. The fraction of sp³-hybridized carbons (Fsp3) is 0.412. The number of rotatable bonds is 7. The van der Waals surface area contributed by atoms with E-state index in [4.69, 9.17) is 9.47 Å². The van der Waals surface area contributed by atoms with E-state index in [2.05, 4.69) is 11.9 Å². The Morgan fingerprint density at radius 3 is 2.52 bits per heavy atom. The second-order valence-electron chi connectivity index (χ2n) is 5.77. The van der Waals surface area contributed by atoms with E-state index < -0.39 is 11.6 Å². The molecule has 1 saturated heterocycles. The summed E-state index contributed by atoms with van der Waals surface area (Å²) in [6, 6.07) is 6.72. The molecule has 2 rings (SSSR count). The van der Waals surface area contributed by atoms with E-state index in [0.29, 0.717) is 24.5 Å². The van der Waals surface area contributed by atoms with Gasteiger partial charge in [0.1, 0.15) is 17.9 Å². The van der Waals surface area contributed by atoms with Crippen molar-refractivity contribution < 1.29 is 19.1 Å². The Balaban J connectivity index is 2.15. The molecule has 0 saturated carbocycles. The van der Waals surface area contributed by atoms with Gasteiger partial charge in [-0.3, -0.25) is 9.69 Å². The minimum absolute atomic E-state index is 0.233. The van der Waals surface area contributed by atoms with Gasteiger partial charge in [0.2, 0.25) is 0 Å². The molecule has 0 radical (unpaired) electrons. The van der Waals surface area contributed by atoms with Crippen molar-refractivity contribution in [3.05, 3.63) is 42.0 Å². The van der Waals surface area contributed by atoms with E-state index in [-0.39, 0.29) is 12.5 Å². The summed E-state index contributed by atoms with van der Waals surface area (Å²) in [4.78, 5) is 25.8. The number of nitrogens with one attached hydrogen (secondary N) is 1. The molecule has 124 valence electrons. The molecule has 1 heterocycles. The van der Waals surface area contributed by atoms with Crippen LogP contribution in [-0.2, 0) is 15.1 Å². The van der Waals surface area contributed by atoms with Crippen LogP contribution in [-0.4, -0.2) is 43.7 Å². The number of carbonyl (C=O) groups is 2. The van der Waals surface area contributed by atoms with Crippen molar-refractivity contribution in [3.63, 3.8) is 0 Å². The number of nitrogens with zero attached hydrogens (tertiary/aromatic N) is 1. The Kier molecular flexibility index (Phi) is 5.05.